The Morgan fingerprint density at radius 2 is 1.77 bits per heavy atom. The number of imidazole rings is 1. The van der Waals surface area contributed by atoms with Gasteiger partial charge in [-0.25, -0.2) is 9.66 Å². The highest BCUT2D eigenvalue weighted by molar-refractivity contribution is 8.00. The van der Waals surface area contributed by atoms with Crippen molar-refractivity contribution in [2.75, 3.05) is 12.9 Å². The Kier molecular flexibility index (Phi) is 5.63. The molecule has 3 aromatic rings. The zero-order valence-corrected chi connectivity index (χ0v) is 15.7. The van der Waals surface area contributed by atoms with Gasteiger partial charge in [0.05, 0.1) is 17.1 Å². The molecule has 3 rings (SSSR count). The number of amides is 1. The molecule has 2 aromatic carbocycles. The Morgan fingerprint density at radius 3 is 2.42 bits per heavy atom. The van der Waals surface area contributed by atoms with E-state index in [4.69, 9.17) is 5.84 Å². The largest absolute Gasteiger partial charge is 0.340 e. The second-order valence-corrected chi connectivity index (χ2v) is 7.43. The first kappa shape index (κ1) is 18.1. The van der Waals surface area contributed by atoms with E-state index in [-0.39, 0.29) is 11.2 Å². The van der Waals surface area contributed by atoms with Crippen molar-refractivity contribution in [3.63, 3.8) is 0 Å². The number of rotatable bonds is 6. The van der Waals surface area contributed by atoms with E-state index < -0.39 is 0 Å². The molecule has 0 saturated carbocycles. The average molecular weight is 366 g/mol. The third-order valence-electron chi connectivity index (χ3n) is 4.04. The summed E-state index contributed by atoms with van der Waals surface area (Å²) in [4.78, 5) is 19.0. The molecular weight excluding hydrogens is 344 g/mol. The molecule has 1 amide bonds. The number of nitrogens with zero attached hydrogens (tertiary/aromatic N) is 3. The van der Waals surface area contributed by atoms with E-state index in [1.165, 1.54) is 16.4 Å². The molecule has 26 heavy (non-hydrogen) atoms. The summed E-state index contributed by atoms with van der Waals surface area (Å²) in [6, 6.07) is 19.8. The van der Waals surface area contributed by atoms with Crippen LogP contribution in [-0.2, 0) is 11.3 Å². The van der Waals surface area contributed by atoms with Gasteiger partial charge in [0.25, 0.3) is 0 Å². The molecule has 0 aliphatic heterocycles. The molecule has 0 fully saturated rings. The van der Waals surface area contributed by atoms with Crippen LogP contribution in [0.15, 0.2) is 72.0 Å². The normalized spacial score (nSPS) is 11.9. The quantitative estimate of drug-likeness (QED) is 0.536. The number of carbonyl (C=O) groups excluding carboxylic acids is 1. The molecule has 0 aliphatic rings. The number of thioether (sulfide) groups is 1. The number of nitrogens with two attached hydrogens (primary N) is 1. The number of carbonyl (C=O) groups is 1. The number of hydrogen-bond donors (Lipinski definition) is 1. The maximum Gasteiger partial charge on any atom is 0.235 e. The third-order valence-corrected chi connectivity index (χ3v) is 5.10. The van der Waals surface area contributed by atoms with Crippen LogP contribution in [0, 0.1) is 0 Å². The molecule has 0 bridgehead atoms. The van der Waals surface area contributed by atoms with Gasteiger partial charge in [0.1, 0.15) is 0 Å². The Hall–Kier alpha value is -2.73. The summed E-state index contributed by atoms with van der Waals surface area (Å²) in [6.07, 6.45) is 1.78. The Labute approximate surface area is 157 Å². The summed E-state index contributed by atoms with van der Waals surface area (Å²) in [5.74, 6) is 6.08. The fourth-order valence-electron chi connectivity index (χ4n) is 2.67. The first-order chi connectivity index (χ1) is 12.5. The molecule has 0 spiro atoms. The van der Waals surface area contributed by atoms with Gasteiger partial charge in [0.15, 0.2) is 5.16 Å². The van der Waals surface area contributed by atoms with Gasteiger partial charge in [0.2, 0.25) is 5.91 Å². The van der Waals surface area contributed by atoms with Crippen LogP contribution in [0.1, 0.15) is 12.5 Å². The van der Waals surface area contributed by atoms with E-state index in [0.717, 1.165) is 16.8 Å². The van der Waals surface area contributed by atoms with Crippen LogP contribution in [0.3, 0.4) is 0 Å². The summed E-state index contributed by atoms with van der Waals surface area (Å²) in [5, 5.41) is 0.342. The van der Waals surface area contributed by atoms with Crippen LogP contribution in [0.4, 0.5) is 0 Å². The molecule has 6 heteroatoms. The standard InChI is InChI=1S/C20H22N4OS/c1-15(19(25)23(2)13-16-9-5-3-6-10-16)26-20-22-18(14-24(20)21)17-11-7-4-8-12-17/h3-12,14-15H,13,21H2,1-2H3/t15-/m0/s1. The van der Waals surface area contributed by atoms with Gasteiger partial charge in [-0.15, -0.1) is 0 Å². The predicted octanol–water partition coefficient (Wildman–Crippen LogP) is 3.40. The number of aromatic nitrogens is 2. The summed E-state index contributed by atoms with van der Waals surface area (Å²) in [5.41, 5.74) is 2.90. The van der Waals surface area contributed by atoms with Crippen molar-refractivity contribution >= 4 is 17.7 Å². The van der Waals surface area contributed by atoms with E-state index in [0.29, 0.717) is 11.7 Å². The minimum absolute atomic E-state index is 0.0446. The first-order valence-corrected chi connectivity index (χ1v) is 9.28. The Balaban J connectivity index is 1.66. The van der Waals surface area contributed by atoms with Gasteiger partial charge in [-0.1, -0.05) is 72.4 Å². The monoisotopic (exact) mass is 366 g/mol. The molecular formula is C20H22N4OS. The van der Waals surface area contributed by atoms with E-state index in [2.05, 4.69) is 4.98 Å². The van der Waals surface area contributed by atoms with E-state index in [1.807, 2.05) is 74.6 Å². The van der Waals surface area contributed by atoms with Gasteiger partial charge < -0.3 is 10.7 Å². The maximum absolute atomic E-state index is 12.7. The third kappa shape index (κ3) is 4.26. The second kappa shape index (κ2) is 8.10. The van der Waals surface area contributed by atoms with Gasteiger partial charge in [-0.3, -0.25) is 4.79 Å². The van der Waals surface area contributed by atoms with Crippen LogP contribution in [0.5, 0.6) is 0 Å². The number of nitrogen functional groups attached to an aromatic ring is 1. The first-order valence-electron chi connectivity index (χ1n) is 8.40. The van der Waals surface area contributed by atoms with Gasteiger partial charge in [-0.05, 0) is 12.5 Å². The van der Waals surface area contributed by atoms with Crippen molar-refractivity contribution < 1.29 is 4.79 Å². The van der Waals surface area contributed by atoms with Crippen LogP contribution < -0.4 is 5.84 Å². The zero-order chi connectivity index (χ0) is 18.5. The maximum atomic E-state index is 12.7. The van der Waals surface area contributed by atoms with Crippen molar-refractivity contribution in [2.45, 2.75) is 23.9 Å². The fourth-order valence-corrected chi connectivity index (χ4v) is 3.59. The second-order valence-electron chi connectivity index (χ2n) is 6.12. The minimum Gasteiger partial charge on any atom is -0.340 e. The van der Waals surface area contributed by atoms with Crippen LogP contribution >= 0.6 is 11.8 Å². The lowest BCUT2D eigenvalue weighted by molar-refractivity contribution is -0.129. The Morgan fingerprint density at radius 1 is 1.15 bits per heavy atom. The van der Waals surface area contributed by atoms with Crippen LogP contribution in [0.2, 0.25) is 0 Å². The molecule has 1 heterocycles. The van der Waals surface area contributed by atoms with Crippen molar-refractivity contribution in [1.29, 1.82) is 0 Å². The fraction of sp³-hybridized carbons (Fsp3) is 0.200. The smallest absolute Gasteiger partial charge is 0.235 e. The highest BCUT2D eigenvalue weighted by Gasteiger charge is 2.21. The van der Waals surface area contributed by atoms with E-state index in [1.54, 1.807) is 11.1 Å². The summed E-state index contributed by atoms with van der Waals surface area (Å²) in [6.45, 7) is 2.46. The topological polar surface area (TPSA) is 64.2 Å². The van der Waals surface area contributed by atoms with E-state index in [9.17, 15) is 4.79 Å². The zero-order valence-electron chi connectivity index (χ0n) is 14.9. The van der Waals surface area contributed by atoms with Gasteiger partial charge in [-0.2, -0.15) is 0 Å². The molecule has 2 N–H and O–H groups in total. The van der Waals surface area contributed by atoms with Crippen LogP contribution in [-0.4, -0.2) is 32.8 Å². The van der Waals surface area contributed by atoms with Gasteiger partial charge >= 0.3 is 0 Å². The lowest BCUT2D eigenvalue weighted by Crippen LogP contribution is -2.33. The number of benzene rings is 2. The predicted molar refractivity (Wildman–Crippen MR) is 106 cm³/mol. The molecule has 1 atom stereocenters. The summed E-state index contributed by atoms with van der Waals surface area (Å²) in [7, 11) is 1.82. The molecule has 134 valence electrons. The molecule has 5 nitrogen and oxygen atoms in total. The lowest BCUT2D eigenvalue weighted by Gasteiger charge is -2.21. The van der Waals surface area contributed by atoms with Crippen molar-refractivity contribution in [1.82, 2.24) is 14.6 Å². The molecule has 0 aliphatic carbocycles. The van der Waals surface area contributed by atoms with Crippen molar-refractivity contribution in [2.24, 2.45) is 0 Å². The molecule has 0 saturated heterocycles. The lowest BCUT2D eigenvalue weighted by atomic mass is 10.2. The highest BCUT2D eigenvalue weighted by Crippen LogP contribution is 2.26. The molecule has 0 unspecified atom stereocenters. The molecule has 1 aromatic heterocycles. The SMILES string of the molecule is C[C@H](Sc1nc(-c2ccccc2)cn1N)C(=O)N(C)Cc1ccccc1. The number of hydrogen-bond acceptors (Lipinski definition) is 4. The summed E-state index contributed by atoms with van der Waals surface area (Å²) < 4.78 is 1.48. The van der Waals surface area contributed by atoms with E-state index >= 15 is 0 Å². The van der Waals surface area contributed by atoms with Crippen LogP contribution in [0.25, 0.3) is 11.3 Å². The van der Waals surface area contributed by atoms with Crippen molar-refractivity contribution in [3.05, 3.63) is 72.4 Å². The average Bonchev–Trinajstić information content (AvgIpc) is 3.03. The highest BCUT2D eigenvalue weighted by atomic mass is 32.2. The minimum atomic E-state index is -0.281. The Bertz CT molecular complexity index is 864. The summed E-state index contributed by atoms with van der Waals surface area (Å²) >= 11 is 1.37. The molecule has 0 radical (unpaired) electrons. The van der Waals surface area contributed by atoms with Crippen molar-refractivity contribution in [3.8, 4) is 11.3 Å². The van der Waals surface area contributed by atoms with Gasteiger partial charge in [0, 0.05) is 19.2 Å².